The van der Waals surface area contributed by atoms with Crippen LogP contribution in [0.5, 0.6) is 0 Å². The number of benzene rings is 4. The molecule has 1 amide bonds. The molecule has 5 heterocycles. The Morgan fingerprint density at radius 2 is 1.24 bits per heavy atom. The molecule has 0 bridgehead atoms. The summed E-state index contributed by atoms with van der Waals surface area (Å²) >= 11 is 0. The monoisotopic (exact) mass is 706 g/mol. The van der Waals surface area contributed by atoms with E-state index in [1.54, 1.807) is 43.4 Å². The van der Waals surface area contributed by atoms with E-state index in [-0.39, 0.29) is 12.5 Å². The van der Waals surface area contributed by atoms with Gasteiger partial charge < -0.3 is 25.9 Å². The van der Waals surface area contributed by atoms with Crippen LogP contribution in [0.4, 0.5) is 23.3 Å². The minimum Gasteiger partial charge on any atom is -0.346 e. The van der Waals surface area contributed by atoms with Crippen LogP contribution in [0.3, 0.4) is 0 Å². The Morgan fingerprint density at radius 1 is 0.556 bits per heavy atom. The quantitative estimate of drug-likeness (QED) is 0.0942. The van der Waals surface area contributed by atoms with Gasteiger partial charge in [0.15, 0.2) is 0 Å². The van der Waals surface area contributed by atoms with Gasteiger partial charge in [0.1, 0.15) is 0 Å². The highest BCUT2D eigenvalue weighted by molar-refractivity contribution is 5.95. The van der Waals surface area contributed by atoms with Gasteiger partial charge in [-0.3, -0.25) is 9.78 Å². The Balaban J connectivity index is 0.943. The number of hydrogen-bond donors (Lipinski definition) is 5. The first kappa shape index (κ1) is 32.1. The van der Waals surface area contributed by atoms with Crippen molar-refractivity contribution in [3.63, 3.8) is 0 Å². The second-order valence-corrected chi connectivity index (χ2v) is 12.4. The van der Waals surface area contributed by atoms with Gasteiger partial charge in [0, 0.05) is 46.7 Å². The summed E-state index contributed by atoms with van der Waals surface area (Å²) in [7, 11) is 0. The van der Waals surface area contributed by atoms with Gasteiger partial charge >= 0.3 is 0 Å². The highest BCUT2D eigenvalue weighted by atomic mass is 16.1. The fourth-order valence-corrected chi connectivity index (χ4v) is 6.15. The van der Waals surface area contributed by atoms with Gasteiger partial charge in [-0.1, -0.05) is 30.3 Å². The number of nitrogens with zero attached hydrogens (tertiary/aromatic N) is 7. The maximum Gasteiger partial charge on any atom is 0.251 e. The second-order valence-electron chi connectivity index (χ2n) is 12.4. The van der Waals surface area contributed by atoms with E-state index in [1.165, 1.54) is 0 Å². The van der Waals surface area contributed by atoms with E-state index < -0.39 is 0 Å². The molecule has 0 atom stereocenters. The molecule has 4 aromatic carbocycles. The summed E-state index contributed by atoms with van der Waals surface area (Å²) in [5.74, 6) is 0.536. The van der Waals surface area contributed by atoms with Crippen LogP contribution < -0.4 is 16.0 Å². The lowest BCUT2D eigenvalue weighted by Gasteiger charge is -2.12. The number of nitrogens with one attached hydrogen (secondary N) is 5. The maximum atomic E-state index is 13.5. The van der Waals surface area contributed by atoms with Crippen molar-refractivity contribution in [2.24, 2.45) is 0 Å². The average Bonchev–Trinajstić information content (AvgIpc) is 3.90. The molecule has 5 aromatic heterocycles. The van der Waals surface area contributed by atoms with Crippen LogP contribution >= 0.6 is 0 Å². The van der Waals surface area contributed by atoms with E-state index >= 15 is 0 Å². The molecule has 13 heteroatoms. The molecule has 13 nitrogen and oxygen atoms in total. The first-order valence-corrected chi connectivity index (χ1v) is 17.1. The molecule has 260 valence electrons. The van der Waals surface area contributed by atoms with Gasteiger partial charge in [0.25, 0.3) is 5.91 Å². The molecule has 5 N–H and O–H groups in total. The second kappa shape index (κ2) is 14.1. The number of anilines is 4. The summed E-state index contributed by atoms with van der Waals surface area (Å²) in [6.45, 7) is 0.163. The van der Waals surface area contributed by atoms with Crippen molar-refractivity contribution >= 4 is 51.2 Å². The topological polar surface area (TPSA) is 175 Å². The van der Waals surface area contributed by atoms with E-state index in [4.69, 9.17) is 15.0 Å². The molecule has 0 aliphatic heterocycles. The third kappa shape index (κ3) is 6.92. The summed E-state index contributed by atoms with van der Waals surface area (Å²) < 4.78 is 0. The minimum atomic E-state index is -0.264. The number of H-pyrrole nitrogens is 2. The first-order valence-electron chi connectivity index (χ1n) is 17.1. The number of carbonyl (C=O) groups excluding carboxylic acids is 1. The van der Waals surface area contributed by atoms with Gasteiger partial charge in [-0.25, -0.2) is 29.9 Å². The van der Waals surface area contributed by atoms with E-state index in [0.717, 1.165) is 55.7 Å². The zero-order chi connectivity index (χ0) is 36.3. The van der Waals surface area contributed by atoms with Gasteiger partial charge in [-0.2, -0.15) is 0 Å². The van der Waals surface area contributed by atoms with E-state index in [2.05, 4.69) is 45.9 Å². The largest absolute Gasteiger partial charge is 0.346 e. The number of aromatic nitrogens is 9. The van der Waals surface area contributed by atoms with Crippen LogP contribution in [0.15, 0.2) is 140 Å². The van der Waals surface area contributed by atoms with Gasteiger partial charge in [0.2, 0.25) is 11.9 Å². The van der Waals surface area contributed by atoms with E-state index in [9.17, 15) is 4.79 Å². The smallest absolute Gasteiger partial charge is 0.251 e. The summed E-state index contributed by atoms with van der Waals surface area (Å²) in [5, 5.41) is 9.64. The zero-order valence-electron chi connectivity index (χ0n) is 28.5. The molecule has 0 saturated carbocycles. The van der Waals surface area contributed by atoms with Crippen molar-refractivity contribution in [2.45, 2.75) is 6.54 Å². The molecule has 54 heavy (non-hydrogen) atoms. The predicted octanol–water partition coefficient (Wildman–Crippen LogP) is 7.83. The molecule has 9 rings (SSSR count). The highest BCUT2D eigenvalue weighted by Crippen LogP contribution is 2.27. The Kier molecular flexibility index (Phi) is 8.38. The fourth-order valence-electron chi connectivity index (χ4n) is 6.15. The Hall–Kier alpha value is -7.80. The summed E-state index contributed by atoms with van der Waals surface area (Å²) in [6, 6.07) is 34.7. The molecule has 0 aliphatic carbocycles. The Bertz CT molecular complexity index is 2780. The van der Waals surface area contributed by atoms with Crippen LogP contribution in [0.25, 0.3) is 55.7 Å². The number of amides is 1. The number of pyridine rings is 1. The zero-order valence-corrected chi connectivity index (χ0v) is 28.5. The summed E-state index contributed by atoms with van der Waals surface area (Å²) in [6.07, 6.45) is 8.56. The molecular formula is C41H30N12O. The van der Waals surface area contributed by atoms with Crippen molar-refractivity contribution in [3.05, 3.63) is 152 Å². The number of aromatic amines is 2. The predicted molar refractivity (Wildman–Crippen MR) is 208 cm³/mol. The van der Waals surface area contributed by atoms with Crippen molar-refractivity contribution in [1.82, 2.24) is 50.2 Å². The van der Waals surface area contributed by atoms with Crippen molar-refractivity contribution in [3.8, 4) is 33.6 Å². The molecule has 0 saturated heterocycles. The molecule has 0 aliphatic rings. The molecule has 0 radical (unpaired) electrons. The van der Waals surface area contributed by atoms with Gasteiger partial charge in [0.05, 0.1) is 58.3 Å². The lowest BCUT2D eigenvalue weighted by Crippen LogP contribution is -2.23. The number of carbonyl (C=O) groups is 1. The molecule has 0 unspecified atom stereocenters. The third-order valence-corrected chi connectivity index (χ3v) is 8.81. The fraction of sp³-hybridized carbons (Fsp3) is 0.0244. The number of fused-ring (bicyclic) bond motifs is 2. The van der Waals surface area contributed by atoms with Crippen molar-refractivity contribution in [2.75, 3.05) is 10.6 Å². The standard InChI is InChI=1S/C41H30N12O/c54-39(29-4-2-6-31(18-29)49-40-43-16-13-33(52-40)27-7-9-34-37(19-27)47-23-45-34)44-22-32-21-36(28-8-10-35-38(20-28)48-24-46-35)53-41(51-32)50-30-5-1-3-26(17-30)25-11-14-42-15-12-25/h1-21,23-24H,22H2,(H,44,54)(H,45,47)(H,46,48)(H,43,49,52)(H,50,51,53). The van der Waals surface area contributed by atoms with Crippen LogP contribution in [0.2, 0.25) is 0 Å². The average molecular weight is 707 g/mol. The number of imidazole rings is 2. The van der Waals surface area contributed by atoms with Gasteiger partial charge in [-0.05, 0) is 90.0 Å². The van der Waals surface area contributed by atoms with Crippen molar-refractivity contribution < 1.29 is 4.79 Å². The van der Waals surface area contributed by atoms with Crippen LogP contribution in [-0.2, 0) is 6.54 Å². The van der Waals surface area contributed by atoms with Crippen molar-refractivity contribution in [1.29, 1.82) is 0 Å². The lowest BCUT2D eigenvalue weighted by molar-refractivity contribution is 0.0950. The van der Waals surface area contributed by atoms with Crippen LogP contribution in [-0.4, -0.2) is 50.8 Å². The minimum absolute atomic E-state index is 0.163. The normalized spacial score (nSPS) is 11.1. The molecular weight excluding hydrogens is 677 g/mol. The highest BCUT2D eigenvalue weighted by Gasteiger charge is 2.13. The summed E-state index contributed by atoms with van der Waals surface area (Å²) in [4.78, 5) is 51.3. The van der Waals surface area contributed by atoms with E-state index in [0.29, 0.717) is 34.5 Å². The maximum absolute atomic E-state index is 13.5. The third-order valence-electron chi connectivity index (χ3n) is 8.81. The number of hydrogen-bond acceptors (Lipinski definition) is 10. The van der Waals surface area contributed by atoms with Gasteiger partial charge in [-0.15, -0.1) is 0 Å². The SMILES string of the molecule is O=C(NCc1cc(-c2ccc3nc[nH]c3c2)nc(Nc2cccc(-c3ccncc3)c2)n1)c1cccc(Nc2nccc(-c3ccc4nc[nH]c4c3)n2)c1. The Morgan fingerprint density at radius 3 is 2.02 bits per heavy atom. The Labute approximate surface area is 308 Å². The van der Waals surface area contributed by atoms with E-state index in [1.807, 2.05) is 97.1 Å². The number of rotatable bonds is 10. The molecule has 0 fully saturated rings. The first-order chi connectivity index (χ1) is 26.6. The molecule has 0 spiro atoms. The molecule has 9 aromatic rings. The summed E-state index contributed by atoms with van der Waals surface area (Å²) in [5.41, 5.74) is 11.4. The van der Waals surface area contributed by atoms with Crippen LogP contribution in [0, 0.1) is 0 Å². The lowest BCUT2D eigenvalue weighted by atomic mass is 10.1. The van der Waals surface area contributed by atoms with Crippen LogP contribution in [0.1, 0.15) is 16.1 Å².